The fourth-order valence-corrected chi connectivity index (χ4v) is 3.04. The molecule has 0 aromatic heterocycles. The van der Waals surface area contributed by atoms with E-state index in [2.05, 4.69) is 0 Å². The van der Waals surface area contributed by atoms with Crippen molar-refractivity contribution in [3.8, 4) is 23.0 Å². The molecule has 188 valence electrons. The molecule has 4 N–H and O–H groups in total. The van der Waals surface area contributed by atoms with Crippen LogP contribution in [0.3, 0.4) is 0 Å². The topological polar surface area (TPSA) is 70.5 Å². The van der Waals surface area contributed by atoms with Crippen LogP contribution in [-0.4, -0.2) is 0 Å². The Morgan fingerprint density at radius 1 is 0.543 bits per heavy atom. The molecule has 0 aliphatic carbocycles. The van der Waals surface area contributed by atoms with Crippen LogP contribution >= 0.6 is 0 Å². The van der Waals surface area contributed by atoms with Crippen molar-refractivity contribution in [2.75, 3.05) is 11.5 Å². The number of anilines is 2. The predicted molar refractivity (Wildman–Crippen MR) is 103 cm³/mol. The van der Waals surface area contributed by atoms with E-state index in [0.717, 1.165) is 36.4 Å². The largest absolute Gasteiger partial charge is 0.456 e. The Kier molecular flexibility index (Phi) is 6.44. The van der Waals surface area contributed by atoms with Crippen molar-refractivity contribution in [3.63, 3.8) is 0 Å². The van der Waals surface area contributed by atoms with E-state index in [9.17, 15) is 43.9 Å². The van der Waals surface area contributed by atoms with Crippen LogP contribution in [0.4, 0.5) is 55.3 Å². The number of hydrogen-bond acceptors (Lipinski definition) is 4. The minimum Gasteiger partial charge on any atom is -0.456 e. The summed E-state index contributed by atoms with van der Waals surface area (Å²) in [6.07, 6.45) is -18.0. The Morgan fingerprint density at radius 2 is 0.886 bits per heavy atom. The quantitative estimate of drug-likeness (QED) is 0.278. The van der Waals surface area contributed by atoms with Crippen molar-refractivity contribution in [1.29, 1.82) is 0 Å². The van der Waals surface area contributed by atoms with Gasteiger partial charge in [0.05, 0.1) is 0 Å². The summed E-state index contributed by atoms with van der Waals surface area (Å²) in [6.45, 7) is 0. The number of rotatable bonds is 4. The summed E-state index contributed by atoms with van der Waals surface area (Å²) in [7, 11) is 0. The second kappa shape index (κ2) is 8.74. The fraction of sp³-hybridized carbons (Fsp3) is 0.143. The summed E-state index contributed by atoms with van der Waals surface area (Å²) in [5, 5.41) is 0. The third kappa shape index (κ3) is 5.46. The van der Waals surface area contributed by atoms with Gasteiger partial charge in [0.15, 0.2) is 17.3 Å². The first-order chi connectivity index (χ1) is 16.0. The monoisotopic (exact) mass is 514 g/mol. The first-order valence-electron chi connectivity index (χ1n) is 9.18. The maximum Gasteiger partial charge on any atom is 0.423 e. The van der Waals surface area contributed by atoms with Crippen molar-refractivity contribution >= 4 is 11.4 Å². The molecule has 0 amide bonds. The molecule has 0 unspecified atom stereocenters. The summed E-state index contributed by atoms with van der Waals surface area (Å²) in [4.78, 5) is 0. The lowest BCUT2D eigenvalue weighted by molar-refractivity contribution is -0.154. The van der Waals surface area contributed by atoms with Crippen LogP contribution in [0.25, 0.3) is 0 Å². The second-order valence-electron chi connectivity index (χ2n) is 6.94. The molecule has 35 heavy (non-hydrogen) atoms. The Morgan fingerprint density at radius 3 is 1.17 bits per heavy atom. The van der Waals surface area contributed by atoms with E-state index in [1.165, 1.54) is 12.1 Å². The van der Waals surface area contributed by atoms with Crippen LogP contribution in [0, 0.1) is 5.82 Å². The molecule has 14 heteroatoms. The zero-order valence-corrected chi connectivity index (χ0v) is 16.9. The van der Waals surface area contributed by atoms with Crippen LogP contribution in [0.15, 0.2) is 48.5 Å². The number of halogens is 10. The molecule has 0 saturated heterocycles. The third-order valence-electron chi connectivity index (χ3n) is 4.35. The summed E-state index contributed by atoms with van der Waals surface area (Å²) in [5.74, 6) is -9.14. The smallest absolute Gasteiger partial charge is 0.423 e. The third-order valence-corrected chi connectivity index (χ3v) is 4.35. The van der Waals surface area contributed by atoms with Crippen LogP contribution < -0.4 is 20.9 Å². The van der Waals surface area contributed by atoms with Crippen LogP contribution in [0.5, 0.6) is 23.0 Å². The van der Waals surface area contributed by atoms with E-state index < -0.39 is 64.0 Å². The first-order valence-corrected chi connectivity index (χ1v) is 9.18. The van der Waals surface area contributed by atoms with Crippen molar-refractivity contribution < 1.29 is 53.4 Å². The van der Waals surface area contributed by atoms with Gasteiger partial charge in [-0.05, 0) is 24.3 Å². The molecule has 0 bridgehead atoms. The Labute approximate surface area is 189 Å². The molecular formula is C21H12F10N2O2. The SMILES string of the molecule is Nc1cccc(Oc2c(C(F)(F)F)c(F)c(C(F)(F)F)c(Oc3cccc(N)c3)c2C(F)(F)F)c1. The van der Waals surface area contributed by atoms with Gasteiger partial charge in [-0.1, -0.05) is 12.1 Å². The minimum atomic E-state index is -6.05. The van der Waals surface area contributed by atoms with E-state index >= 15 is 0 Å². The van der Waals surface area contributed by atoms with Gasteiger partial charge < -0.3 is 20.9 Å². The van der Waals surface area contributed by atoms with E-state index in [1.54, 1.807) is 0 Å². The van der Waals surface area contributed by atoms with Crippen molar-refractivity contribution in [1.82, 2.24) is 0 Å². The molecule has 0 spiro atoms. The highest BCUT2D eigenvalue weighted by molar-refractivity contribution is 5.62. The van der Waals surface area contributed by atoms with Crippen molar-refractivity contribution in [2.45, 2.75) is 18.5 Å². The average molecular weight is 514 g/mol. The first kappa shape index (κ1) is 25.8. The van der Waals surface area contributed by atoms with Gasteiger partial charge >= 0.3 is 18.5 Å². The van der Waals surface area contributed by atoms with Gasteiger partial charge in [0.1, 0.15) is 28.2 Å². The van der Waals surface area contributed by atoms with Gasteiger partial charge in [-0.2, -0.15) is 39.5 Å². The fourth-order valence-electron chi connectivity index (χ4n) is 3.04. The molecule has 3 aromatic carbocycles. The zero-order valence-electron chi connectivity index (χ0n) is 16.9. The maximum absolute atomic E-state index is 14.9. The lowest BCUT2D eigenvalue weighted by atomic mass is 9.99. The average Bonchev–Trinajstić information content (AvgIpc) is 2.64. The number of hydrogen-bond donors (Lipinski definition) is 2. The molecule has 4 nitrogen and oxygen atoms in total. The van der Waals surface area contributed by atoms with Gasteiger partial charge in [-0.25, -0.2) is 4.39 Å². The second-order valence-corrected chi connectivity index (χ2v) is 6.94. The maximum atomic E-state index is 14.9. The molecule has 3 aromatic rings. The zero-order chi connectivity index (χ0) is 26.3. The summed E-state index contributed by atoms with van der Waals surface area (Å²) >= 11 is 0. The van der Waals surface area contributed by atoms with E-state index in [-0.39, 0.29) is 11.4 Å². The normalized spacial score (nSPS) is 12.5. The highest BCUT2D eigenvalue weighted by Crippen LogP contribution is 2.56. The van der Waals surface area contributed by atoms with Crippen LogP contribution in [0.2, 0.25) is 0 Å². The number of nitrogens with two attached hydrogens (primary N) is 2. The number of ether oxygens (including phenoxy) is 2. The molecular weight excluding hydrogens is 502 g/mol. The number of benzene rings is 3. The summed E-state index contributed by atoms with van der Waals surface area (Å²) in [6, 6.07) is 7.86. The van der Waals surface area contributed by atoms with Gasteiger partial charge in [0.2, 0.25) is 0 Å². The lowest BCUT2D eigenvalue weighted by Gasteiger charge is -2.26. The minimum absolute atomic E-state index is 0.173. The molecule has 0 heterocycles. The van der Waals surface area contributed by atoms with Crippen LogP contribution in [-0.2, 0) is 18.5 Å². The lowest BCUT2D eigenvalue weighted by Crippen LogP contribution is -2.23. The van der Waals surface area contributed by atoms with Crippen molar-refractivity contribution in [2.24, 2.45) is 0 Å². The highest BCUT2D eigenvalue weighted by atomic mass is 19.4. The molecule has 0 saturated carbocycles. The Hall–Kier alpha value is -3.84. The van der Waals surface area contributed by atoms with Gasteiger partial charge in [-0.15, -0.1) is 0 Å². The van der Waals surface area contributed by atoms with Gasteiger partial charge in [0.25, 0.3) is 0 Å². The van der Waals surface area contributed by atoms with E-state index in [4.69, 9.17) is 20.9 Å². The molecule has 0 fully saturated rings. The Balaban J connectivity index is 2.49. The van der Waals surface area contributed by atoms with Crippen LogP contribution in [0.1, 0.15) is 16.7 Å². The van der Waals surface area contributed by atoms with E-state index in [1.807, 2.05) is 0 Å². The van der Waals surface area contributed by atoms with Gasteiger partial charge in [0, 0.05) is 23.5 Å². The number of nitrogen functional groups attached to an aromatic ring is 2. The number of alkyl halides is 9. The summed E-state index contributed by atoms with van der Waals surface area (Å²) < 4.78 is 149. The van der Waals surface area contributed by atoms with Crippen molar-refractivity contribution in [3.05, 3.63) is 71.0 Å². The standard InChI is InChI=1S/C21H12F10N2O2/c22-16-13(19(23,24)25)17(34-11-5-1-3-9(32)7-11)15(21(29,30)31)18(14(16)20(26,27)28)35-12-6-2-4-10(33)8-12/h1-8H,32-33H2. The summed E-state index contributed by atoms with van der Waals surface area (Å²) in [5.41, 5.74) is 2.01. The van der Waals surface area contributed by atoms with E-state index in [0.29, 0.717) is 0 Å². The predicted octanol–water partition coefficient (Wildman–Crippen LogP) is 7.63. The Bertz CT molecular complexity index is 1160. The molecule has 0 atom stereocenters. The van der Waals surface area contributed by atoms with Gasteiger partial charge in [-0.3, -0.25) is 0 Å². The molecule has 3 rings (SSSR count). The highest BCUT2D eigenvalue weighted by Gasteiger charge is 2.53. The molecule has 0 aliphatic rings. The molecule has 0 radical (unpaired) electrons. The molecule has 0 aliphatic heterocycles.